The van der Waals surface area contributed by atoms with Gasteiger partial charge in [0.25, 0.3) is 0 Å². The van der Waals surface area contributed by atoms with Crippen LogP contribution in [0.2, 0.25) is 5.02 Å². The fourth-order valence-electron chi connectivity index (χ4n) is 2.65. The summed E-state index contributed by atoms with van der Waals surface area (Å²) in [7, 11) is 0. The molecule has 18 heavy (non-hydrogen) atoms. The minimum absolute atomic E-state index is 0.471. The van der Waals surface area contributed by atoms with Crippen molar-refractivity contribution in [3.05, 3.63) is 29.3 Å². The summed E-state index contributed by atoms with van der Waals surface area (Å²) in [4.78, 5) is 0. The van der Waals surface area contributed by atoms with Crippen molar-refractivity contribution < 1.29 is 0 Å². The molecule has 2 rings (SSSR count). The Bertz CT molecular complexity index is 359. The molecule has 0 aromatic heterocycles. The van der Waals surface area contributed by atoms with Crippen molar-refractivity contribution in [1.29, 1.82) is 0 Å². The van der Waals surface area contributed by atoms with E-state index in [2.05, 4.69) is 23.6 Å². The van der Waals surface area contributed by atoms with E-state index in [-0.39, 0.29) is 0 Å². The van der Waals surface area contributed by atoms with E-state index in [0.717, 1.165) is 10.7 Å². The van der Waals surface area contributed by atoms with Crippen LogP contribution in [0.15, 0.2) is 24.3 Å². The van der Waals surface area contributed by atoms with Crippen LogP contribution in [0.25, 0.3) is 0 Å². The first-order valence-electron chi connectivity index (χ1n) is 6.99. The highest BCUT2D eigenvalue weighted by Gasteiger charge is 2.14. The van der Waals surface area contributed by atoms with Gasteiger partial charge in [-0.2, -0.15) is 0 Å². The Morgan fingerprint density at radius 2 is 2.28 bits per heavy atom. The van der Waals surface area contributed by atoms with Crippen molar-refractivity contribution >= 4 is 17.3 Å². The summed E-state index contributed by atoms with van der Waals surface area (Å²) >= 11 is 5.99. The third-order valence-corrected chi connectivity index (χ3v) is 3.77. The van der Waals surface area contributed by atoms with Crippen LogP contribution in [-0.2, 0) is 0 Å². The van der Waals surface area contributed by atoms with Crippen LogP contribution in [0, 0.1) is 0 Å². The van der Waals surface area contributed by atoms with Gasteiger partial charge in [-0.3, -0.25) is 0 Å². The molecule has 1 heterocycles. The van der Waals surface area contributed by atoms with Gasteiger partial charge in [0.05, 0.1) is 0 Å². The Labute approximate surface area is 115 Å². The molecule has 2 N–H and O–H groups in total. The zero-order valence-corrected chi connectivity index (χ0v) is 11.8. The van der Waals surface area contributed by atoms with E-state index in [1.165, 1.54) is 38.6 Å². The van der Waals surface area contributed by atoms with E-state index < -0.39 is 0 Å². The van der Waals surface area contributed by atoms with Crippen molar-refractivity contribution in [3.8, 4) is 0 Å². The number of benzene rings is 1. The van der Waals surface area contributed by atoms with Crippen LogP contribution >= 0.6 is 11.6 Å². The molecule has 2 unspecified atom stereocenters. The highest BCUT2D eigenvalue weighted by molar-refractivity contribution is 6.30. The van der Waals surface area contributed by atoms with Gasteiger partial charge in [-0.1, -0.05) is 30.5 Å². The van der Waals surface area contributed by atoms with E-state index in [9.17, 15) is 0 Å². The molecule has 0 amide bonds. The SMILES string of the molecule is CC(CC1CCCCCN1)Nc1cccc(Cl)c1. The smallest absolute Gasteiger partial charge is 0.0426 e. The number of hydrogen-bond acceptors (Lipinski definition) is 2. The Hall–Kier alpha value is -0.730. The Morgan fingerprint density at radius 3 is 3.11 bits per heavy atom. The first-order chi connectivity index (χ1) is 8.74. The predicted octanol–water partition coefficient (Wildman–Crippen LogP) is 4.06. The molecule has 0 radical (unpaired) electrons. The molecule has 2 atom stereocenters. The predicted molar refractivity (Wildman–Crippen MR) is 79.4 cm³/mol. The lowest BCUT2D eigenvalue weighted by atomic mass is 10.0. The second-order valence-corrected chi connectivity index (χ2v) is 5.73. The van der Waals surface area contributed by atoms with Crippen LogP contribution in [0.4, 0.5) is 5.69 Å². The normalized spacial score (nSPS) is 22.2. The standard InChI is InChI=1S/C15H23ClN2/c1-12(10-14-7-3-2-4-9-17-14)18-15-8-5-6-13(16)11-15/h5-6,8,11-12,14,17-18H,2-4,7,9-10H2,1H3. The van der Waals surface area contributed by atoms with E-state index in [1.807, 2.05) is 18.2 Å². The van der Waals surface area contributed by atoms with E-state index in [0.29, 0.717) is 12.1 Å². The minimum atomic E-state index is 0.471. The fourth-order valence-corrected chi connectivity index (χ4v) is 2.84. The summed E-state index contributed by atoms with van der Waals surface area (Å²) in [5.74, 6) is 0. The average Bonchev–Trinajstić information content (AvgIpc) is 2.57. The molecule has 0 saturated carbocycles. The van der Waals surface area contributed by atoms with Gasteiger partial charge in [0.2, 0.25) is 0 Å². The van der Waals surface area contributed by atoms with Crippen LogP contribution in [0.5, 0.6) is 0 Å². The molecule has 1 fully saturated rings. The zero-order chi connectivity index (χ0) is 12.8. The molecule has 0 spiro atoms. The molecule has 3 heteroatoms. The van der Waals surface area contributed by atoms with Gasteiger partial charge < -0.3 is 10.6 Å². The number of anilines is 1. The maximum Gasteiger partial charge on any atom is 0.0426 e. The summed E-state index contributed by atoms with van der Waals surface area (Å²) in [6, 6.07) is 9.08. The largest absolute Gasteiger partial charge is 0.382 e. The zero-order valence-electron chi connectivity index (χ0n) is 11.1. The van der Waals surface area contributed by atoms with Crippen LogP contribution in [0.1, 0.15) is 39.0 Å². The third kappa shape index (κ3) is 4.51. The van der Waals surface area contributed by atoms with Gasteiger partial charge in [0.15, 0.2) is 0 Å². The van der Waals surface area contributed by atoms with Gasteiger partial charge in [-0.05, 0) is 50.9 Å². The summed E-state index contributed by atoms with van der Waals surface area (Å²) in [6.45, 7) is 3.42. The molecule has 0 aliphatic carbocycles. The van der Waals surface area contributed by atoms with Crippen LogP contribution in [-0.4, -0.2) is 18.6 Å². The molecular formula is C15H23ClN2. The molecular weight excluding hydrogens is 244 g/mol. The molecule has 1 aromatic rings. The van der Waals surface area contributed by atoms with E-state index in [1.54, 1.807) is 0 Å². The molecule has 1 aliphatic rings. The Kier molecular flexibility index (Phi) is 5.33. The highest BCUT2D eigenvalue weighted by Crippen LogP contribution is 2.18. The molecule has 1 saturated heterocycles. The topological polar surface area (TPSA) is 24.1 Å². The first kappa shape index (κ1) is 13.7. The molecule has 2 nitrogen and oxygen atoms in total. The van der Waals surface area contributed by atoms with E-state index >= 15 is 0 Å². The maximum atomic E-state index is 5.99. The lowest BCUT2D eigenvalue weighted by Crippen LogP contribution is -2.33. The quantitative estimate of drug-likeness (QED) is 0.859. The van der Waals surface area contributed by atoms with Crippen molar-refractivity contribution in [2.24, 2.45) is 0 Å². The number of halogens is 1. The monoisotopic (exact) mass is 266 g/mol. The van der Waals surface area contributed by atoms with Gasteiger partial charge in [-0.25, -0.2) is 0 Å². The lowest BCUT2D eigenvalue weighted by Gasteiger charge is -2.22. The molecule has 1 aliphatic heterocycles. The van der Waals surface area contributed by atoms with Gasteiger partial charge in [0.1, 0.15) is 0 Å². The summed E-state index contributed by atoms with van der Waals surface area (Å²) in [5, 5.41) is 7.96. The van der Waals surface area contributed by atoms with Crippen molar-refractivity contribution in [3.63, 3.8) is 0 Å². The first-order valence-corrected chi connectivity index (χ1v) is 7.37. The molecule has 0 bridgehead atoms. The Morgan fingerprint density at radius 1 is 1.39 bits per heavy atom. The molecule has 100 valence electrons. The van der Waals surface area contributed by atoms with E-state index in [4.69, 9.17) is 11.6 Å². The van der Waals surface area contributed by atoms with Crippen molar-refractivity contribution in [2.75, 3.05) is 11.9 Å². The third-order valence-electron chi connectivity index (χ3n) is 3.54. The second-order valence-electron chi connectivity index (χ2n) is 5.29. The summed E-state index contributed by atoms with van der Waals surface area (Å²) in [5.41, 5.74) is 1.11. The lowest BCUT2D eigenvalue weighted by molar-refractivity contribution is 0.456. The molecule has 1 aromatic carbocycles. The van der Waals surface area contributed by atoms with Crippen LogP contribution < -0.4 is 10.6 Å². The van der Waals surface area contributed by atoms with Crippen molar-refractivity contribution in [1.82, 2.24) is 5.32 Å². The maximum absolute atomic E-state index is 5.99. The Balaban J connectivity index is 1.82. The summed E-state index contributed by atoms with van der Waals surface area (Å²) in [6.07, 6.45) is 6.54. The highest BCUT2D eigenvalue weighted by atomic mass is 35.5. The van der Waals surface area contributed by atoms with Crippen LogP contribution in [0.3, 0.4) is 0 Å². The number of nitrogens with one attached hydrogen (secondary N) is 2. The average molecular weight is 267 g/mol. The van der Waals surface area contributed by atoms with Gasteiger partial charge in [-0.15, -0.1) is 0 Å². The summed E-state index contributed by atoms with van der Waals surface area (Å²) < 4.78 is 0. The van der Waals surface area contributed by atoms with Crippen molar-refractivity contribution in [2.45, 2.75) is 51.1 Å². The fraction of sp³-hybridized carbons (Fsp3) is 0.600. The van der Waals surface area contributed by atoms with Gasteiger partial charge in [0, 0.05) is 22.8 Å². The minimum Gasteiger partial charge on any atom is -0.382 e. The number of rotatable bonds is 4. The number of hydrogen-bond donors (Lipinski definition) is 2. The van der Waals surface area contributed by atoms with Gasteiger partial charge >= 0.3 is 0 Å². The second kappa shape index (κ2) is 7.01.